The number of rotatable bonds is 8. The molecule has 5 heteroatoms. The van der Waals surface area contributed by atoms with Crippen molar-refractivity contribution in [3.8, 4) is 5.75 Å². The number of piperazine rings is 1. The third kappa shape index (κ3) is 6.49. The highest BCUT2D eigenvalue weighted by Gasteiger charge is 2.13. The van der Waals surface area contributed by atoms with Gasteiger partial charge in [-0.3, -0.25) is 4.79 Å². The van der Waals surface area contributed by atoms with Crippen LogP contribution in [-0.2, 0) is 0 Å². The highest BCUT2D eigenvalue weighted by molar-refractivity contribution is 5.94. The van der Waals surface area contributed by atoms with E-state index in [1.165, 1.54) is 0 Å². The minimum Gasteiger partial charge on any atom is -0.493 e. The number of hydrogen-bond acceptors (Lipinski definition) is 4. The fourth-order valence-electron chi connectivity index (χ4n) is 2.67. The minimum atomic E-state index is -0.0247. The Bertz CT molecular complexity index is 511. The zero-order chi connectivity index (χ0) is 17.4. The molecular formula is C19H31N3O2. The highest BCUT2D eigenvalue weighted by Crippen LogP contribution is 2.14. The maximum Gasteiger partial charge on any atom is 0.251 e. The van der Waals surface area contributed by atoms with Gasteiger partial charge in [0.15, 0.2) is 0 Å². The predicted octanol–water partition coefficient (Wildman–Crippen LogP) is 2.09. The van der Waals surface area contributed by atoms with Crippen LogP contribution < -0.4 is 10.1 Å². The Morgan fingerprint density at radius 3 is 2.71 bits per heavy atom. The molecule has 1 N–H and O–H groups in total. The molecule has 134 valence electrons. The molecule has 1 fully saturated rings. The van der Waals surface area contributed by atoms with E-state index in [9.17, 15) is 4.79 Å². The Balaban J connectivity index is 1.69. The van der Waals surface area contributed by atoms with Gasteiger partial charge in [0.2, 0.25) is 0 Å². The summed E-state index contributed by atoms with van der Waals surface area (Å²) in [6.07, 6.45) is 0.985. The molecule has 5 nitrogen and oxygen atoms in total. The Morgan fingerprint density at radius 2 is 2.00 bits per heavy atom. The van der Waals surface area contributed by atoms with Gasteiger partial charge >= 0.3 is 0 Å². The molecule has 0 bridgehead atoms. The molecular weight excluding hydrogens is 302 g/mol. The SMILES string of the molecule is CC(C)COc1cccc(C(=O)NCCCN2CCN(C)CC2)c1. The predicted molar refractivity (Wildman–Crippen MR) is 97.7 cm³/mol. The second kappa shape index (κ2) is 9.64. The maximum absolute atomic E-state index is 12.2. The number of ether oxygens (including phenoxy) is 1. The van der Waals surface area contributed by atoms with Crippen molar-refractivity contribution in [1.29, 1.82) is 0 Å². The zero-order valence-electron chi connectivity index (χ0n) is 15.3. The van der Waals surface area contributed by atoms with Crippen molar-refractivity contribution in [2.75, 3.05) is 52.9 Å². The first-order chi connectivity index (χ1) is 11.5. The topological polar surface area (TPSA) is 44.8 Å². The van der Waals surface area contributed by atoms with Crippen molar-refractivity contribution < 1.29 is 9.53 Å². The second-order valence-electron chi connectivity index (χ2n) is 6.99. The summed E-state index contributed by atoms with van der Waals surface area (Å²) in [7, 11) is 2.16. The van der Waals surface area contributed by atoms with Gasteiger partial charge in [-0.25, -0.2) is 0 Å². The van der Waals surface area contributed by atoms with E-state index in [4.69, 9.17) is 4.74 Å². The first-order valence-corrected chi connectivity index (χ1v) is 8.96. The Labute approximate surface area is 146 Å². The molecule has 0 spiro atoms. The van der Waals surface area contributed by atoms with E-state index >= 15 is 0 Å². The van der Waals surface area contributed by atoms with Crippen LogP contribution in [-0.4, -0.2) is 68.6 Å². The number of benzene rings is 1. The first-order valence-electron chi connectivity index (χ1n) is 8.96. The fourth-order valence-corrected chi connectivity index (χ4v) is 2.67. The van der Waals surface area contributed by atoms with Crippen LogP contribution in [0.4, 0.5) is 0 Å². The Hall–Kier alpha value is -1.59. The molecule has 1 aromatic rings. The summed E-state index contributed by atoms with van der Waals surface area (Å²) in [4.78, 5) is 17.1. The molecule has 0 radical (unpaired) electrons. The van der Waals surface area contributed by atoms with Gasteiger partial charge in [-0.05, 0) is 44.1 Å². The van der Waals surface area contributed by atoms with Crippen LogP contribution in [0, 0.1) is 5.92 Å². The summed E-state index contributed by atoms with van der Waals surface area (Å²) >= 11 is 0. The lowest BCUT2D eigenvalue weighted by molar-refractivity contribution is 0.0949. The quantitative estimate of drug-likeness (QED) is 0.740. The van der Waals surface area contributed by atoms with Crippen molar-refractivity contribution >= 4 is 5.91 Å². The van der Waals surface area contributed by atoms with Crippen LogP contribution in [0.3, 0.4) is 0 Å². The van der Waals surface area contributed by atoms with E-state index < -0.39 is 0 Å². The van der Waals surface area contributed by atoms with E-state index in [1.54, 1.807) is 0 Å². The highest BCUT2D eigenvalue weighted by atomic mass is 16.5. The molecule has 1 aliphatic heterocycles. The number of hydrogen-bond donors (Lipinski definition) is 1. The molecule has 0 aromatic heterocycles. The Morgan fingerprint density at radius 1 is 1.25 bits per heavy atom. The van der Waals surface area contributed by atoms with Gasteiger partial charge in [0.1, 0.15) is 5.75 Å². The van der Waals surface area contributed by atoms with E-state index in [1.807, 2.05) is 24.3 Å². The molecule has 1 heterocycles. The second-order valence-corrected chi connectivity index (χ2v) is 6.99. The van der Waals surface area contributed by atoms with E-state index in [2.05, 4.69) is 36.0 Å². The minimum absolute atomic E-state index is 0.0247. The third-order valence-corrected chi connectivity index (χ3v) is 4.21. The van der Waals surface area contributed by atoms with Gasteiger partial charge in [0, 0.05) is 38.3 Å². The maximum atomic E-state index is 12.2. The van der Waals surface area contributed by atoms with E-state index in [0.29, 0.717) is 24.6 Å². The zero-order valence-corrected chi connectivity index (χ0v) is 15.3. The van der Waals surface area contributed by atoms with Crippen LogP contribution in [0.2, 0.25) is 0 Å². The van der Waals surface area contributed by atoms with Gasteiger partial charge in [-0.1, -0.05) is 19.9 Å². The van der Waals surface area contributed by atoms with Crippen molar-refractivity contribution in [3.63, 3.8) is 0 Å². The third-order valence-electron chi connectivity index (χ3n) is 4.21. The lowest BCUT2D eigenvalue weighted by atomic mass is 10.2. The molecule has 0 atom stereocenters. The molecule has 1 aliphatic rings. The Kier molecular flexibility index (Phi) is 7.53. The summed E-state index contributed by atoms with van der Waals surface area (Å²) < 4.78 is 5.68. The van der Waals surface area contributed by atoms with Crippen LogP contribution in [0.25, 0.3) is 0 Å². The standard InChI is InChI=1S/C19H31N3O2/c1-16(2)15-24-18-7-4-6-17(14-18)19(23)20-8-5-9-22-12-10-21(3)11-13-22/h4,6-7,14,16H,5,8-13,15H2,1-3H3,(H,20,23). The summed E-state index contributed by atoms with van der Waals surface area (Å²) in [6.45, 7) is 11.2. The summed E-state index contributed by atoms with van der Waals surface area (Å²) in [5, 5.41) is 3.01. The average molecular weight is 333 g/mol. The van der Waals surface area contributed by atoms with Gasteiger partial charge in [-0.15, -0.1) is 0 Å². The van der Waals surface area contributed by atoms with Crippen molar-refractivity contribution in [3.05, 3.63) is 29.8 Å². The van der Waals surface area contributed by atoms with Crippen molar-refractivity contribution in [2.45, 2.75) is 20.3 Å². The van der Waals surface area contributed by atoms with Crippen LogP contribution in [0.5, 0.6) is 5.75 Å². The van der Waals surface area contributed by atoms with Gasteiger partial charge in [0.25, 0.3) is 5.91 Å². The summed E-state index contributed by atoms with van der Waals surface area (Å²) in [5.74, 6) is 1.20. The first kappa shape index (κ1) is 18.7. The van der Waals surface area contributed by atoms with E-state index in [-0.39, 0.29) is 5.91 Å². The fraction of sp³-hybridized carbons (Fsp3) is 0.632. The number of likely N-dealkylation sites (N-methyl/N-ethyl adjacent to an activating group) is 1. The lowest BCUT2D eigenvalue weighted by Crippen LogP contribution is -2.45. The molecule has 1 saturated heterocycles. The molecule has 2 rings (SSSR count). The normalized spacial score (nSPS) is 16.3. The van der Waals surface area contributed by atoms with Gasteiger partial charge in [0.05, 0.1) is 6.61 Å². The molecule has 1 aromatic carbocycles. The monoisotopic (exact) mass is 333 g/mol. The van der Waals surface area contributed by atoms with Crippen LogP contribution in [0.1, 0.15) is 30.6 Å². The summed E-state index contributed by atoms with van der Waals surface area (Å²) in [5.41, 5.74) is 0.663. The lowest BCUT2D eigenvalue weighted by Gasteiger charge is -2.32. The molecule has 0 aliphatic carbocycles. The molecule has 24 heavy (non-hydrogen) atoms. The molecule has 0 saturated carbocycles. The summed E-state index contributed by atoms with van der Waals surface area (Å²) in [6, 6.07) is 7.41. The number of carbonyl (C=O) groups is 1. The van der Waals surface area contributed by atoms with Crippen molar-refractivity contribution in [1.82, 2.24) is 15.1 Å². The largest absolute Gasteiger partial charge is 0.493 e. The number of nitrogens with one attached hydrogen (secondary N) is 1. The average Bonchev–Trinajstić information content (AvgIpc) is 2.58. The van der Waals surface area contributed by atoms with Crippen LogP contribution in [0.15, 0.2) is 24.3 Å². The van der Waals surface area contributed by atoms with Gasteiger partial charge in [-0.2, -0.15) is 0 Å². The van der Waals surface area contributed by atoms with Gasteiger partial charge < -0.3 is 19.9 Å². The smallest absolute Gasteiger partial charge is 0.251 e. The number of amides is 1. The van der Waals surface area contributed by atoms with Crippen LogP contribution >= 0.6 is 0 Å². The van der Waals surface area contributed by atoms with E-state index in [0.717, 1.165) is 44.9 Å². The van der Waals surface area contributed by atoms with Crippen molar-refractivity contribution in [2.24, 2.45) is 5.92 Å². The number of nitrogens with zero attached hydrogens (tertiary/aromatic N) is 2. The molecule has 1 amide bonds. The number of carbonyl (C=O) groups excluding carboxylic acids is 1. The molecule has 0 unspecified atom stereocenters.